The third kappa shape index (κ3) is 12.4. The summed E-state index contributed by atoms with van der Waals surface area (Å²) >= 11 is 13.4. The van der Waals surface area contributed by atoms with Crippen molar-refractivity contribution in [1.82, 2.24) is 43.8 Å². The number of ether oxygens (including phenoxy) is 1. The lowest BCUT2D eigenvalue weighted by Gasteiger charge is -2.07. The predicted molar refractivity (Wildman–Crippen MR) is 281 cm³/mol. The van der Waals surface area contributed by atoms with Gasteiger partial charge in [-0.25, -0.2) is 41.3 Å². The molecule has 11 rings (SSSR count). The molecule has 0 aliphatic carbocycles. The lowest BCUT2D eigenvalue weighted by atomic mass is 10.1. The number of thiophene rings is 2. The summed E-state index contributed by atoms with van der Waals surface area (Å²) in [6.45, 7) is 2.36. The SMILES string of the molecule is COCCNc1nn2c(-c3cccc(C(F)(F)F)c3)cnc2s1.CS(=O)(=O)Nc1cccc(-c2cnc3sc(NCc4cccs4)nn23)c1.Fc1ccc(CNc2nn3c(-c4ccsc4)cnc3s2)cc1Cl. The zero-order chi connectivity index (χ0) is 50.4. The fraction of sp³-hybridized carbons (Fsp3) is 0.156. The van der Waals surface area contributed by atoms with E-state index in [1.54, 1.807) is 76.9 Å². The summed E-state index contributed by atoms with van der Waals surface area (Å²) in [4.78, 5) is 16.4. The Morgan fingerprint density at radius 1 is 0.694 bits per heavy atom. The van der Waals surface area contributed by atoms with Crippen LogP contribution in [0.3, 0.4) is 0 Å². The molecule has 0 aliphatic rings. The number of sulfonamides is 1. The van der Waals surface area contributed by atoms with Crippen LogP contribution in [0.4, 0.5) is 38.6 Å². The highest BCUT2D eigenvalue weighted by Gasteiger charge is 2.31. The van der Waals surface area contributed by atoms with Crippen molar-refractivity contribution in [2.75, 3.05) is 47.2 Å². The monoisotopic (exact) mass is 1110 g/mol. The Morgan fingerprint density at radius 2 is 1.29 bits per heavy atom. The van der Waals surface area contributed by atoms with Gasteiger partial charge in [-0.3, -0.25) is 4.72 Å². The fourth-order valence-corrected chi connectivity index (χ4v) is 11.2. The molecule has 72 heavy (non-hydrogen) atoms. The minimum Gasteiger partial charge on any atom is -0.383 e. The Bertz CT molecular complexity index is 3680. The first-order valence-corrected chi connectivity index (χ1v) is 27.7. The van der Waals surface area contributed by atoms with E-state index >= 15 is 0 Å². The van der Waals surface area contributed by atoms with Gasteiger partial charge in [0.05, 0.1) is 65.7 Å². The lowest BCUT2D eigenvalue weighted by Crippen LogP contribution is -2.09. The van der Waals surface area contributed by atoms with Gasteiger partial charge in [-0.2, -0.15) is 24.5 Å². The molecule has 16 nitrogen and oxygen atoms in total. The van der Waals surface area contributed by atoms with Crippen molar-refractivity contribution in [3.8, 4) is 33.8 Å². The number of imidazole rings is 3. The molecule has 3 aromatic carbocycles. The molecule has 0 spiro atoms. The van der Waals surface area contributed by atoms with E-state index < -0.39 is 27.6 Å². The van der Waals surface area contributed by atoms with E-state index in [9.17, 15) is 26.0 Å². The fourth-order valence-electron chi connectivity index (χ4n) is 6.77. The highest BCUT2D eigenvalue weighted by Crippen LogP contribution is 2.34. The molecule has 0 unspecified atom stereocenters. The van der Waals surface area contributed by atoms with Crippen LogP contribution in [-0.2, 0) is 34.0 Å². The molecule has 0 bridgehead atoms. The summed E-state index contributed by atoms with van der Waals surface area (Å²) in [5.41, 5.74) is 5.34. The molecule has 0 saturated heterocycles. The third-order valence-corrected chi connectivity index (χ3v) is 15.1. The van der Waals surface area contributed by atoms with Gasteiger partial charge >= 0.3 is 6.18 Å². The van der Waals surface area contributed by atoms with Crippen molar-refractivity contribution in [3.63, 3.8) is 0 Å². The van der Waals surface area contributed by atoms with Gasteiger partial charge in [0, 0.05) is 52.8 Å². The number of nitrogens with one attached hydrogen (secondary N) is 4. The van der Waals surface area contributed by atoms with Crippen LogP contribution in [0.1, 0.15) is 16.0 Å². The van der Waals surface area contributed by atoms with Gasteiger partial charge in [0.1, 0.15) is 5.82 Å². The second-order valence-corrected chi connectivity index (χ2v) is 22.1. The maximum absolute atomic E-state index is 13.2. The Hall–Kier alpha value is -6.52. The number of rotatable bonds is 15. The zero-order valence-electron chi connectivity index (χ0n) is 37.5. The molecule has 8 heterocycles. The number of halogens is 5. The van der Waals surface area contributed by atoms with Crippen molar-refractivity contribution in [1.29, 1.82) is 0 Å². The van der Waals surface area contributed by atoms with Crippen molar-refractivity contribution in [2.24, 2.45) is 0 Å². The van der Waals surface area contributed by atoms with Crippen LogP contribution >= 0.6 is 68.3 Å². The minimum atomic E-state index is -4.38. The number of nitrogens with zero attached hydrogens (tertiary/aromatic N) is 9. The number of hydrogen-bond acceptors (Lipinski definition) is 17. The molecule has 0 radical (unpaired) electrons. The molecule has 0 amide bonds. The van der Waals surface area contributed by atoms with E-state index in [0.29, 0.717) is 46.7 Å². The summed E-state index contributed by atoms with van der Waals surface area (Å²) in [7, 11) is -1.73. The van der Waals surface area contributed by atoms with Crippen LogP contribution in [0.2, 0.25) is 5.02 Å². The van der Waals surface area contributed by atoms with Gasteiger partial charge in [-0.15, -0.1) is 26.6 Å². The summed E-state index contributed by atoms with van der Waals surface area (Å²) < 4.78 is 87.1. The molecular weight excluding hydrogens is 1070 g/mol. The molecule has 8 aromatic heterocycles. The quantitative estimate of drug-likeness (QED) is 0.0564. The van der Waals surface area contributed by atoms with Crippen molar-refractivity contribution >= 4 is 114 Å². The predicted octanol–water partition coefficient (Wildman–Crippen LogP) is 12.0. The number of fused-ring (bicyclic) bond motifs is 3. The second-order valence-electron chi connectivity index (χ2n) is 15.2. The van der Waals surface area contributed by atoms with Crippen LogP contribution in [0, 0.1) is 5.82 Å². The number of hydrogen-bond donors (Lipinski definition) is 4. The average molecular weight is 1110 g/mol. The molecule has 0 saturated carbocycles. The average Bonchev–Trinajstić information content (AvgIpc) is 4.20. The van der Waals surface area contributed by atoms with Crippen LogP contribution < -0.4 is 20.7 Å². The highest BCUT2D eigenvalue weighted by molar-refractivity contribution is 7.92. The van der Waals surface area contributed by atoms with Crippen LogP contribution in [0.25, 0.3) is 48.7 Å². The van der Waals surface area contributed by atoms with Crippen molar-refractivity contribution < 1.29 is 30.7 Å². The molecule has 4 N–H and O–H groups in total. The largest absolute Gasteiger partial charge is 0.416 e. The van der Waals surface area contributed by atoms with Gasteiger partial charge in [0.2, 0.25) is 40.3 Å². The summed E-state index contributed by atoms with van der Waals surface area (Å²) in [6, 6.07) is 23.1. The van der Waals surface area contributed by atoms with E-state index in [0.717, 1.165) is 73.2 Å². The van der Waals surface area contributed by atoms with Crippen molar-refractivity contribution in [2.45, 2.75) is 19.3 Å². The number of alkyl halides is 3. The molecule has 11 aromatic rings. The topological polar surface area (TPSA) is 182 Å². The normalized spacial score (nSPS) is 11.7. The van der Waals surface area contributed by atoms with E-state index in [1.165, 1.54) is 61.7 Å². The molecule has 0 aliphatic heterocycles. The Balaban J connectivity index is 0.000000134. The summed E-state index contributed by atoms with van der Waals surface area (Å²) in [5.74, 6) is -0.413. The van der Waals surface area contributed by atoms with Crippen LogP contribution in [-0.4, -0.2) is 78.7 Å². The number of anilines is 4. The van der Waals surface area contributed by atoms with Gasteiger partial charge in [-0.1, -0.05) is 82.0 Å². The van der Waals surface area contributed by atoms with Crippen LogP contribution in [0.5, 0.6) is 0 Å². The molecule has 0 atom stereocenters. The number of benzene rings is 3. The first-order chi connectivity index (χ1) is 34.7. The first-order valence-electron chi connectivity index (χ1n) is 21.2. The number of aromatic nitrogens is 9. The maximum Gasteiger partial charge on any atom is 0.416 e. The van der Waals surface area contributed by atoms with Gasteiger partial charge in [0.25, 0.3) is 0 Å². The number of methoxy groups -OCH3 is 1. The van der Waals surface area contributed by atoms with Crippen molar-refractivity contribution in [3.05, 3.63) is 147 Å². The molecule has 27 heteroatoms. The van der Waals surface area contributed by atoms with E-state index in [-0.39, 0.29) is 5.02 Å². The smallest absolute Gasteiger partial charge is 0.383 e. The molecular formula is C45H38ClF4N13O3S6. The third-order valence-electron chi connectivity index (χ3n) is 10.0. The maximum atomic E-state index is 13.2. The first kappa shape index (κ1) is 50.4. The minimum absolute atomic E-state index is 0.123. The van der Waals surface area contributed by atoms with Crippen LogP contribution in [0.15, 0.2) is 120 Å². The Labute approximate surface area is 432 Å². The standard InChI is InChI=1S/C16H15N5O2S3.C15H10ClFN4S2.C14H13F3N4OS/c1-26(22,23)20-12-5-2-4-11(8-12)14-10-18-16-21(14)19-15(25-16)17-9-13-6-3-7-24-13;16-11-5-9(1-2-12(11)17)6-18-14-20-21-13(7-19-15(21)23-14)10-3-4-22-8-10;1-22-6-5-18-12-20-21-11(8-19-13(21)23-12)9-3-2-4-10(7-9)14(15,16)17/h2-8,10,20H,9H2,1H3,(H,17,19);1-5,7-8H,6H2,(H,18,20);2-4,7-8H,5-6H2,1H3,(H,18,20). The molecule has 0 fully saturated rings. The Kier molecular flexibility index (Phi) is 15.5. The highest BCUT2D eigenvalue weighted by atomic mass is 35.5. The summed E-state index contributed by atoms with van der Waals surface area (Å²) in [6.07, 6.45) is 1.83. The zero-order valence-corrected chi connectivity index (χ0v) is 43.1. The summed E-state index contributed by atoms with van der Waals surface area (Å²) in [5, 5.41) is 31.5. The van der Waals surface area contributed by atoms with E-state index in [2.05, 4.69) is 62.4 Å². The lowest BCUT2D eigenvalue weighted by molar-refractivity contribution is -0.137. The van der Waals surface area contributed by atoms with E-state index in [4.69, 9.17) is 16.3 Å². The van der Waals surface area contributed by atoms with Gasteiger partial charge in [0.15, 0.2) is 0 Å². The second kappa shape index (κ2) is 22.1. The van der Waals surface area contributed by atoms with Gasteiger partial charge in [-0.05, 0) is 64.9 Å². The van der Waals surface area contributed by atoms with Gasteiger partial charge < -0.3 is 20.7 Å². The Morgan fingerprint density at radius 3 is 1.85 bits per heavy atom. The van der Waals surface area contributed by atoms with E-state index in [1.807, 2.05) is 39.7 Å². The molecule has 372 valence electrons.